The molecule has 1 aliphatic rings. The topological polar surface area (TPSA) is 57.6 Å². The Morgan fingerprint density at radius 3 is 2.61 bits per heavy atom. The van der Waals surface area contributed by atoms with Gasteiger partial charge in [-0.05, 0) is 30.7 Å². The monoisotopic (exact) mass is 245 g/mol. The molecule has 4 nitrogen and oxygen atoms in total. The number of furan rings is 1. The van der Waals surface area contributed by atoms with E-state index in [2.05, 4.69) is 0 Å². The van der Waals surface area contributed by atoms with Crippen LogP contribution in [0.15, 0.2) is 34.9 Å². The second-order valence-electron chi connectivity index (χ2n) is 4.31. The zero-order valence-corrected chi connectivity index (χ0v) is 10.2. The van der Waals surface area contributed by atoms with Crippen LogP contribution in [0.2, 0.25) is 0 Å². The Morgan fingerprint density at radius 1 is 1.11 bits per heavy atom. The van der Waals surface area contributed by atoms with Gasteiger partial charge in [-0.15, -0.1) is 0 Å². The molecule has 1 aromatic heterocycles. The van der Waals surface area contributed by atoms with E-state index in [0.717, 1.165) is 28.4 Å². The van der Waals surface area contributed by atoms with Gasteiger partial charge in [-0.25, -0.2) is 0 Å². The molecule has 18 heavy (non-hydrogen) atoms. The largest absolute Gasteiger partial charge is 0.486 e. The Kier molecular flexibility index (Phi) is 2.72. The molecule has 0 radical (unpaired) electrons. The molecule has 0 bridgehead atoms. The predicted octanol–water partition coefficient (Wildman–Crippen LogP) is 2.41. The first-order valence-electron chi connectivity index (χ1n) is 5.95. The number of ether oxygens (including phenoxy) is 2. The van der Waals surface area contributed by atoms with Gasteiger partial charge in [-0.2, -0.15) is 0 Å². The van der Waals surface area contributed by atoms with Crippen LogP contribution in [0.5, 0.6) is 11.5 Å². The fourth-order valence-electron chi connectivity index (χ4n) is 2.15. The molecule has 2 N–H and O–H groups in total. The lowest BCUT2D eigenvalue weighted by atomic mass is 10.00. The number of hydrogen-bond donors (Lipinski definition) is 1. The summed E-state index contributed by atoms with van der Waals surface area (Å²) in [5, 5.41) is 0. The van der Waals surface area contributed by atoms with E-state index in [0.29, 0.717) is 13.2 Å². The molecule has 0 saturated carbocycles. The van der Waals surface area contributed by atoms with Crippen LogP contribution in [0, 0.1) is 6.92 Å². The summed E-state index contributed by atoms with van der Waals surface area (Å²) < 4.78 is 16.3. The summed E-state index contributed by atoms with van der Waals surface area (Å²) in [5.41, 5.74) is 8.22. The molecule has 3 rings (SSSR count). The van der Waals surface area contributed by atoms with E-state index in [9.17, 15) is 0 Å². The van der Waals surface area contributed by atoms with E-state index in [1.165, 1.54) is 0 Å². The van der Waals surface area contributed by atoms with Crippen molar-refractivity contribution in [3.8, 4) is 11.5 Å². The van der Waals surface area contributed by atoms with Gasteiger partial charge in [0, 0.05) is 5.56 Å². The lowest BCUT2D eigenvalue weighted by Crippen LogP contribution is -2.17. The van der Waals surface area contributed by atoms with E-state index in [1.807, 2.05) is 31.2 Å². The molecule has 1 atom stereocenters. The summed E-state index contributed by atoms with van der Waals surface area (Å²) in [6, 6.07) is 7.49. The van der Waals surface area contributed by atoms with E-state index in [-0.39, 0.29) is 6.04 Å². The molecule has 0 aliphatic carbocycles. The molecule has 1 unspecified atom stereocenters. The molecule has 0 spiro atoms. The number of nitrogens with two attached hydrogens (primary N) is 1. The van der Waals surface area contributed by atoms with Gasteiger partial charge in [0.15, 0.2) is 11.5 Å². The van der Waals surface area contributed by atoms with Gasteiger partial charge >= 0.3 is 0 Å². The molecular weight excluding hydrogens is 230 g/mol. The Balaban J connectivity index is 1.95. The molecular formula is C14H15NO3. The van der Waals surface area contributed by atoms with Crippen molar-refractivity contribution in [1.82, 2.24) is 0 Å². The second kappa shape index (κ2) is 4.38. The highest BCUT2D eigenvalue weighted by Crippen LogP contribution is 2.34. The molecule has 94 valence electrons. The Morgan fingerprint density at radius 2 is 1.89 bits per heavy atom. The first-order chi connectivity index (χ1) is 8.75. The SMILES string of the molecule is Cc1occc1C(N)c1ccc2c(c1)OCCO2. The van der Waals surface area contributed by atoms with Crippen molar-refractivity contribution in [3.63, 3.8) is 0 Å². The van der Waals surface area contributed by atoms with Crippen LogP contribution < -0.4 is 15.2 Å². The van der Waals surface area contributed by atoms with Gasteiger partial charge in [0.2, 0.25) is 0 Å². The Hall–Kier alpha value is -1.94. The average Bonchev–Trinajstić information content (AvgIpc) is 2.83. The summed E-state index contributed by atoms with van der Waals surface area (Å²) >= 11 is 0. The van der Waals surface area contributed by atoms with Crippen LogP contribution in [-0.4, -0.2) is 13.2 Å². The summed E-state index contributed by atoms with van der Waals surface area (Å²) in [5.74, 6) is 2.38. The highest BCUT2D eigenvalue weighted by atomic mass is 16.6. The van der Waals surface area contributed by atoms with Crippen molar-refractivity contribution in [2.24, 2.45) is 5.73 Å². The minimum absolute atomic E-state index is 0.209. The molecule has 4 heteroatoms. The molecule has 2 aromatic rings. The number of aryl methyl sites for hydroxylation is 1. The molecule has 1 aromatic carbocycles. The Bertz CT molecular complexity index is 562. The third-order valence-corrected chi connectivity index (χ3v) is 3.16. The second-order valence-corrected chi connectivity index (χ2v) is 4.31. The van der Waals surface area contributed by atoms with Crippen molar-refractivity contribution in [1.29, 1.82) is 0 Å². The molecule has 0 fully saturated rings. The van der Waals surface area contributed by atoms with E-state index >= 15 is 0 Å². The number of rotatable bonds is 2. The van der Waals surface area contributed by atoms with Crippen molar-refractivity contribution in [3.05, 3.63) is 47.4 Å². The van der Waals surface area contributed by atoms with E-state index in [4.69, 9.17) is 19.6 Å². The fourth-order valence-corrected chi connectivity index (χ4v) is 2.15. The van der Waals surface area contributed by atoms with Gasteiger partial charge in [0.25, 0.3) is 0 Å². The lowest BCUT2D eigenvalue weighted by molar-refractivity contribution is 0.171. The van der Waals surface area contributed by atoms with Gasteiger partial charge in [0.05, 0.1) is 12.3 Å². The first-order valence-corrected chi connectivity index (χ1v) is 5.95. The van der Waals surface area contributed by atoms with Gasteiger partial charge in [-0.3, -0.25) is 0 Å². The van der Waals surface area contributed by atoms with Crippen LogP contribution in [0.25, 0.3) is 0 Å². The third-order valence-electron chi connectivity index (χ3n) is 3.16. The highest BCUT2D eigenvalue weighted by Gasteiger charge is 2.17. The summed E-state index contributed by atoms with van der Waals surface area (Å²) in [6.45, 7) is 3.09. The van der Waals surface area contributed by atoms with Gasteiger partial charge < -0.3 is 19.6 Å². The predicted molar refractivity (Wildman–Crippen MR) is 66.9 cm³/mol. The minimum Gasteiger partial charge on any atom is -0.486 e. The van der Waals surface area contributed by atoms with Crippen molar-refractivity contribution >= 4 is 0 Å². The number of benzene rings is 1. The molecule has 0 amide bonds. The maximum absolute atomic E-state index is 6.24. The fraction of sp³-hybridized carbons (Fsp3) is 0.286. The minimum atomic E-state index is -0.209. The highest BCUT2D eigenvalue weighted by molar-refractivity contribution is 5.46. The van der Waals surface area contributed by atoms with Crippen LogP contribution in [0.3, 0.4) is 0 Å². The quantitative estimate of drug-likeness (QED) is 0.882. The maximum atomic E-state index is 6.24. The maximum Gasteiger partial charge on any atom is 0.161 e. The zero-order chi connectivity index (χ0) is 12.5. The van der Waals surface area contributed by atoms with E-state index < -0.39 is 0 Å². The average molecular weight is 245 g/mol. The van der Waals surface area contributed by atoms with Crippen molar-refractivity contribution in [2.75, 3.05) is 13.2 Å². The van der Waals surface area contributed by atoms with Gasteiger partial charge in [0.1, 0.15) is 19.0 Å². The summed E-state index contributed by atoms with van der Waals surface area (Å²) in [4.78, 5) is 0. The van der Waals surface area contributed by atoms with Crippen LogP contribution in [0.1, 0.15) is 22.9 Å². The molecule has 2 heterocycles. The van der Waals surface area contributed by atoms with Crippen LogP contribution >= 0.6 is 0 Å². The lowest BCUT2D eigenvalue weighted by Gasteiger charge is -2.20. The normalized spacial score (nSPS) is 15.4. The zero-order valence-electron chi connectivity index (χ0n) is 10.2. The standard InChI is InChI=1S/C14H15NO3/c1-9-11(4-5-16-9)14(15)10-2-3-12-13(8-10)18-7-6-17-12/h2-5,8,14H,6-7,15H2,1H3. The third kappa shape index (κ3) is 1.84. The summed E-state index contributed by atoms with van der Waals surface area (Å²) in [6.07, 6.45) is 1.66. The smallest absolute Gasteiger partial charge is 0.161 e. The Labute approximate surface area is 105 Å². The number of hydrogen-bond acceptors (Lipinski definition) is 4. The molecule has 0 saturated heterocycles. The molecule has 1 aliphatic heterocycles. The van der Waals surface area contributed by atoms with Crippen LogP contribution in [0.4, 0.5) is 0 Å². The van der Waals surface area contributed by atoms with Gasteiger partial charge in [-0.1, -0.05) is 6.07 Å². The van der Waals surface area contributed by atoms with Crippen molar-refractivity contribution in [2.45, 2.75) is 13.0 Å². The van der Waals surface area contributed by atoms with Crippen LogP contribution in [-0.2, 0) is 0 Å². The summed E-state index contributed by atoms with van der Waals surface area (Å²) in [7, 11) is 0. The van der Waals surface area contributed by atoms with E-state index in [1.54, 1.807) is 6.26 Å². The van der Waals surface area contributed by atoms with Crippen molar-refractivity contribution < 1.29 is 13.9 Å². The first kappa shape index (κ1) is 11.2. The number of fused-ring (bicyclic) bond motifs is 1.